The number of rotatable bonds is 6. The van der Waals surface area contributed by atoms with E-state index in [2.05, 4.69) is 5.32 Å². The van der Waals surface area contributed by atoms with Gasteiger partial charge in [-0.2, -0.15) is 0 Å². The number of carbonyl (C=O) groups excluding carboxylic acids is 2. The van der Waals surface area contributed by atoms with Gasteiger partial charge in [-0.15, -0.1) is 0 Å². The smallest absolute Gasteiger partial charge is 0.307 e. The quantitative estimate of drug-likeness (QED) is 0.735. The summed E-state index contributed by atoms with van der Waals surface area (Å²) < 4.78 is 4.81. The number of nitrogens with one attached hydrogen (secondary N) is 1. The van der Waals surface area contributed by atoms with Crippen LogP contribution in [0.2, 0.25) is 0 Å². The molecular formula is C14H23NO3. The molecule has 3 unspecified atom stereocenters. The Kier molecular flexibility index (Phi) is 4.61. The molecule has 0 aliphatic heterocycles. The number of hydrogen-bond donors (Lipinski definition) is 1. The van der Waals surface area contributed by atoms with Crippen molar-refractivity contribution in [3.8, 4) is 0 Å². The predicted molar refractivity (Wildman–Crippen MR) is 67.8 cm³/mol. The third-order valence-electron chi connectivity index (χ3n) is 4.29. The fourth-order valence-electron chi connectivity index (χ4n) is 3.47. The Morgan fingerprint density at radius 2 is 2.11 bits per heavy atom. The van der Waals surface area contributed by atoms with Crippen molar-refractivity contribution in [1.29, 1.82) is 0 Å². The summed E-state index contributed by atoms with van der Waals surface area (Å²) in [5, 5.41) is 2.82. The van der Waals surface area contributed by atoms with Gasteiger partial charge in [0.2, 0.25) is 5.91 Å². The van der Waals surface area contributed by atoms with Gasteiger partial charge < -0.3 is 10.1 Å². The maximum absolute atomic E-state index is 11.8. The third-order valence-corrected chi connectivity index (χ3v) is 4.29. The second kappa shape index (κ2) is 6.21. The fourth-order valence-corrected chi connectivity index (χ4v) is 3.47. The number of ether oxygens (including phenoxy) is 1. The molecule has 0 aromatic carbocycles. The van der Waals surface area contributed by atoms with Gasteiger partial charge in [0, 0.05) is 13.0 Å². The zero-order valence-corrected chi connectivity index (χ0v) is 11.1. The van der Waals surface area contributed by atoms with Crippen LogP contribution in [0.15, 0.2) is 0 Å². The van der Waals surface area contributed by atoms with Gasteiger partial charge in [0.25, 0.3) is 0 Å². The van der Waals surface area contributed by atoms with E-state index in [1.165, 1.54) is 25.7 Å². The van der Waals surface area contributed by atoms with Crippen LogP contribution in [0.5, 0.6) is 0 Å². The Balaban J connectivity index is 1.59. The van der Waals surface area contributed by atoms with E-state index in [9.17, 15) is 9.59 Å². The summed E-state index contributed by atoms with van der Waals surface area (Å²) in [4.78, 5) is 22.9. The molecule has 2 aliphatic carbocycles. The van der Waals surface area contributed by atoms with Crippen molar-refractivity contribution in [3.05, 3.63) is 0 Å². The lowest BCUT2D eigenvalue weighted by Crippen LogP contribution is -2.29. The minimum atomic E-state index is -0.238. The highest BCUT2D eigenvalue weighted by Gasteiger charge is 2.39. The number of esters is 1. The van der Waals surface area contributed by atoms with Gasteiger partial charge in [0.1, 0.15) is 0 Å². The van der Waals surface area contributed by atoms with Crippen LogP contribution in [-0.4, -0.2) is 25.0 Å². The summed E-state index contributed by atoms with van der Waals surface area (Å²) in [7, 11) is 0. The molecule has 3 atom stereocenters. The van der Waals surface area contributed by atoms with Crippen LogP contribution >= 0.6 is 0 Å². The van der Waals surface area contributed by atoms with Gasteiger partial charge in [0.15, 0.2) is 0 Å². The van der Waals surface area contributed by atoms with E-state index < -0.39 is 0 Å². The number of fused-ring (bicyclic) bond motifs is 2. The molecule has 1 N–H and O–H groups in total. The monoisotopic (exact) mass is 253 g/mol. The van der Waals surface area contributed by atoms with Gasteiger partial charge >= 0.3 is 5.97 Å². The summed E-state index contributed by atoms with van der Waals surface area (Å²) in [5.74, 6) is 2.11. The predicted octanol–water partition coefficient (Wildman–Crippen LogP) is 1.88. The summed E-state index contributed by atoms with van der Waals surface area (Å²) >= 11 is 0. The van der Waals surface area contributed by atoms with Gasteiger partial charge in [-0.05, 0) is 43.9 Å². The van der Waals surface area contributed by atoms with Crippen molar-refractivity contribution < 1.29 is 14.3 Å². The Morgan fingerprint density at radius 1 is 1.28 bits per heavy atom. The minimum absolute atomic E-state index is 0.0943. The second-order valence-electron chi connectivity index (χ2n) is 5.54. The Morgan fingerprint density at radius 3 is 2.72 bits per heavy atom. The highest BCUT2D eigenvalue weighted by atomic mass is 16.5. The maximum atomic E-state index is 11.8. The molecule has 102 valence electrons. The van der Waals surface area contributed by atoms with Crippen LogP contribution < -0.4 is 5.32 Å². The van der Waals surface area contributed by atoms with Gasteiger partial charge in [-0.1, -0.05) is 6.42 Å². The molecular weight excluding hydrogens is 230 g/mol. The minimum Gasteiger partial charge on any atom is -0.466 e. The van der Waals surface area contributed by atoms with E-state index in [-0.39, 0.29) is 18.3 Å². The highest BCUT2D eigenvalue weighted by Crippen LogP contribution is 2.49. The molecule has 18 heavy (non-hydrogen) atoms. The van der Waals surface area contributed by atoms with Gasteiger partial charge in [-0.25, -0.2) is 0 Å². The van der Waals surface area contributed by atoms with Crippen molar-refractivity contribution in [2.45, 2.75) is 45.4 Å². The molecule has 2 rings (SSSR count). The fraction of sp³-hybridized carbons (Fsp3) is 0.857. The van der Waals surface area contributed by atoms with E-state index in [1.807, 2.05) is 0 Å². The first-order valence-corrected chi connectivity index (χ1v) is 7.11. The molecule has 1 amide bonds. The SMILES string of the molecule is CCOC(=O)CCNC(=O)CC1CC2CCC1C2. The molecule has 2 aliphatic rings. The molecule has 0 heterocycles. The molecule has 4 nitrogen and oxygen atoms in total. The molecule has 2 bridgehead atoms. The molecule has 0 aromatic heterocycles. The van der Waals surface area contributed by atoms with Crippen LogP contribution in [0.3, 0.4) is 0 Å². The van der Waals surface area contributed by atoms with Crippen molar-refractivity contribution in [1.82, 2.24) is 5.32 Å². The molecule has 0 saturated heterocycles. The maximum Gasteiger partial charge on any atom is 0.307 e. The number of carbonyl (C=O) groups is 2. The van der Waals surface area contributed by atoms with E-state index in [4.69, 9.17) is 4.74 Å². The first-order chi connectivity index (χ1) is 8.69. The highest BCUT2D eigenvalue weighted by molar-refractivity contribution is 5.77. The van der Waals surface area contributed by atoms with Gasteiger partial charge in [0.05, 0.1) is 13.0 Å². The van der Waals surface area contributed by atoms with E-state index in [0.29, 0.717) is 25.5 Å². The van der Waals surface area contributed by atoms with Crippen molar-refractivity contribution in [2.75, 3.05) is 13.2 Å². The van der Waals surface area contributed by atoms with Crippen LogP contribution in [0.4, 0.5) is 0 Å². The summed E-state index contributed by atoms with van der Waals surface area (Å²) in [6.07, 6.45) is 6.16. The largest absolute Gasteiger partial charge is 0.466 e. The lowest BCUT2D eigenvalue weighted by molar-refractivity contribution is -0.143. The summed E-state index contributed by atoms with van der Waals surface area (Å²) in [6.45, 7) is 2.59. The first kappa shape index (κ1) is 13.4. The van der Waals surface area contributed by atoms with Crippen molar-refractivity contribution in [3.63, 3.8) is 0 Å². The molecule has 0 radical (unpaired) electrons. The lowest BCUT2D eigenvalue weighted by atomic mass is 9.86. The van der Waals surface area contributed by atoms with Crippen LogP contribution in [-0.2, 0) is 14.3 Å². The topological polar surface area (TPSA) is 55.4 Å². The number of amides is 1. The Bertz CT molecular complexity index is 316. The zero-order valence-electron chi connectivity index (χ0n) is 11.1. The second-order valence-corrected chi connectivity index (χ2v) is 5.54. The third kappa shape index (κ3) is 3.47. The van der Waals surface area contributed by atoms with E-state index in [1.54, 1.807) is 6.92 Å². The normalized spacial score (nSPS) is 29.3. The average molecular weight is 253 g/mol. The van der Waals surface area contributed by atoms with Crippen LogP contribution in [0.1, 0.15) is 45.4 Å². The molecule has 2 saturated carbocycles. The van der Waals surface area contributed by atoms with Crippen molar-refractivity contribution >= 4 is 11.9 Å². The van der Waals surface area contributed by atoms with E-state index >= 15 is 0 Å². The van der Waals surface area contributed by atoms with Crippen molar-refractivity contribution in [2.24, 2.45) is 17.8 Å². The lowest BCUT2D eigenvalue weighted by Gasteiger charge is -2.20. The average Bonchev–Trinajstić information content (AvgIpc) is 2.91. The molecule has 0 spiro atoms. The molecule has 2 fully saturated rings. The molecule has 4 heteroatoms. The summed E-state index contributed by atoms with van der Waals surface area (Å²) in [5.41, 5.74) is 0. The van der Waals surface area contributed by atoms with Crippen LogP contribution in [0.25, 0.3) is 0 Å². The first-order valence-electron chi connectivity index (χ1n) is 7.11. The number of hydrogen-bond acceptors (Lipinski definition) is 3. The van der Waals surface area contributed by atoms with Gasteiger partial charge in [-0.3, -0.25) is 9.59 Å². The Labute approximate surface area is 108 Å². The summed E-state index contributed by atoms with van der Waals surface area (Å²) in [6, 6.07) is 0. The zero-order chi connectivity index (χ0) is 13.0. The molecule has 0 aromatic rings. The van der Waals surface area contributed by atoms with Crippen LogP contribution in [0, 0.1) is 17.8 Å². The standard InChI is InChI=1S/C14H23NO3/c1-2-18-14(17)5-6-15-13(16)9-12-8-10-3-4-11(12)7-10/h10-12H,2-9H2,1H3,(H,15,16). The van der Waals surface area contributed by atoms with E-state index in [0.717, 1.165) is 11.8 Å². The Hall–Kier alpha value is -1.06.